The number of hydrogen-bond acceptors (Lipinski definition) is 13. The summed E-state index contributed by atoms with van der Waals surface area (Å²) in [5, 5.41) is 33.2. The summed E-state index contributed by atoms with van der Waals surface area (Å²) >= 11 is 1.58. The van der Waals surface area contributed by atoms with Gasteiger partial charge in [-0.25, -0.2) is 0 Å². The molecule has 0 heterocycles. The van der Waals surface area contributed by atoms with E-state index in [1.807, 2.05) is 34.0 Å². The molecule has 2 atom stereocenters. The first-order valence-corrected chi connectivity index (χ1v) is 15.9. The third-order valence-corrected chi connectivity index (χ3v) is 5.61. The number of carbonyl (C=O) groups is 6. The minimum Gasteiger partial charge on any atom is -0.480 e. The Morgan fingerprint density at radius 3 is 2.00 bits per heavy atom. The Bertz CT molecular complexity index is 796. The van der Waals surface area contributed by atoms with Gasteiger partial charge in [-0.05, 0) is 32.4 Å². The third kappa shape index (κ3) is 45.1. The summed E-state index contributed by atoms with van der Waals surface area (Å²) in [5.41, 5.74) is 4.42. The Kier molecular flexibility index (Phi) is 51.1. The van der Waals surface area contributed by atoms with E-state index in [-0.39, 0.29) is 121 Å². The van der Waals surface area contributed by atoms with E-state index in [1.165, 1.54) is 0 Å². The average Bonchev–Trinajstić information content (AvgIpc) is 3.01. The summed E-state index contributed by atoms with van der Waals surface area (Å²) in [6.45, 7) is 11.8. The van der Waals surface area contributed by atoms with Gasteiger partial charge in [0, 0.05) is 25.1 Å². The van der Waals surface area contributed by atoms with Crippen molar-refractivity contribution < 1.29 is 127 Å². The molecule has 0 radical (unpaired) electrons. The van der Waals surface area contributed by atoms with Gasteiger partial charge in [0.05, 0.1) is 38.6 Å². The molecule has 0 aromatic heterocycles. The maximum absolute atomic E-state index is 11.6. The molecule has 0 spiro atoms. The first kappa shape index (κ1) is 58.3. The number of aliphatic hydroxyl groups excluding tert-OH is 2. The summed E-state index contributed by atoms with van der Waals surface area (Å²) in [7, 11) is 0. The van der Waals surface area contributed by atoms with E-state index in [9.17, 15) is 28.8 Å². The topological polar surface area (TPSA) is 253 Å². The number of amides is 3. The van der Waals surface area contributed by atoms with Crippen LogP contribution in [0.5, 0.6) is 0 Å². The number of carbonyl (C=O) groups excluding carboxylic acids is 5. The molecule has 0 aromatic rings. The summed E-state index contributed by atoms with van der Waals surface area (Å²) in [4.78, 5) is 63.2. The molecule has 0 aromatic carbocycles. The SMILES string of the molecule is CC.CC(C)(CO)OCCNC(=O)C(CO)NC(=O)CN.CC(C)CCC(=O)NCC(=O)O.CSCC(CCOC=O)OC=O.[CH3-].[Cs+]. The van der Waals surface area contributed by atoms with Crippen molar-refractivity contribution in [2.75, 3.05) is 58.1 Å². The van der Waals surface area contributed by atoms with Gasteiger partial charge in [-0.2, -0.15) is 11.8 Å². The van der Waals surface area contributed by atoms with Crippen LogP contribution in [-0.4, -0.2) is 128 Å². The average molecular weight is 821 g/mol. The van der Waals surface area contributed by atoms with Crippen LogP contribution in [0.2, 0.25) is 0 Å². The van der Waals surface area contributed by atoms with Crippen LogP contribution in [0, 0.1) is 13.3 Å². The van der Waals surface area contributed by atoms with E-state index in [0.29, 0.717) is 38.3 Å². The fourth-order valence-corrected chi connectivity index (χ4v) is 3.12. The van der Waals surface area contributed by atoms with Crippen molar-refractivity contribution >= 4 is 48.4 Å². The second-order valence-electron chi connectivity index (χ2n) is 9.73. The van der Waals surface area contributed by atoms with Crippen molar-refractivity contribution in [2.24, 2.45) is 11.7 Å². The van der Waals surface area contributed by atoms with Crippen molar-refractivity contribution in [3.8, 4) is 0 Å². The first-order valence-electron chi connectivity index (χ1n) is 14.5. The quantitative estimate of drug-likeness (QED) is 0.0325. The van der Waals surface area contributed by atoms with Crippen molar-refractivity contribution in [1.29, 1.82) is 0 Å². The van der Waals surface area contributed by atoms with Crippen molar-refractivity contribution in [3.63, 3.8) is 0 Å². The van der Waals surface area contributed by atoms with Gasteiger partial charge in [-0.3, -0.25) is 28.8 Å². The number of nitrogens with two attached hydrogens (primary N) is 1. The van der Waals surface area contributed by atoms with Gasteiger partial charge in [-0.15, -0.1) is 0 Å². The third-order valence-electron chi connectivity index (χ3n) is 4.91. The molecular formula is C29H59CsN4O12S. The van der Waals surface area contributed by atoms with E-state index >= 15 is 0 Å². The molecule has 0 bridgehead atoms. The number of aliphatic carboxylic acids is 1. The van der Waals surface area contributed by atoms with E-state index in [4.69, 9.17) is 30.5 Å². The van der Waals surface area contributed by atoms with Crippen LogP contribution in [0.4, 0.5) is 0 Å². The standard InChI is InChI=1S/C11H23N3O5.C8H15NO3.C7H12O4S.C2H6.CH3.Cs/c1-11(2,7-16)19-4-3-13-10(18)8(6-15)14-9(17)5-12;1-6(2)3-4-7(10)9-5-8(11)12;1-12-4-7(11-6-9)2-3-10-5-8;1-2;;/h8,15-16H,3-7,12H2,1-2H3,(H,13,18)(H,14,17);6H,3-5H2,1-2H3,(H,9,10)(H,11,12);5-7H,2-4H2,1H3;1-2H3;1H3;/q;;;;-1;+1. The zero-order valence-corrected chi connectivity index (χ0v) is 36.8. The number of carboxylic acid groups (broad SMARTS) is 1. The smallest absolute Gasteiger partial charge is 0.480 e. The summed E-state index contributed by atoms with van der Waals surface area (Å²) in [6, 6.07) is -1.03. The van der Waals surface area contributed by atoms with Crippen LogP contribution >= 0.6 is 11.8 Å². The molecule has 0 rings (SSSR count). The van der Waals surface area contributed by atoms with Gasteiger partial charge in [0.1, 0.15) is 18.7 Å². The number of carboxylic acids is 1. The second-order valence-corrected chi connectivity index (χ2v) is 10.6. The first-order chi connectivity index (χ1) is 21.2. The number of nitrogens with one attached hydrogen (secondary N) is 3. The Hall–Kier alpha value is -0.938. The maximum atomic E-state index is 11.6. The van der Waals surface area contributed by atoms with Crippen LogP contribution in [0.15, 0.2) is 0 Å². The summed E-state index contributed by atoms with van der Waals surface area (Å²) < 4.78 is 14.5. The van der Waals surface area contributed by atoms with Crippen molar-refractivity contribution in [2.45, 2.75) is 78.6 Å². The predicted molar refractivity (Wildman–Crippen MR) is 177 cm³/mol. The Balaban J connectivity index is -0.000000133. The summed E-state index contributed by atoms with van der Waals surface area (Å²) in [6.07, 6.45) is 3.52. The maximum Gasteiger partial charge on any atom is 1.00 e. The zero-order chi connectivity index (χ0) is 35.7. The molecule has 3 amide bonds. The molecule has 2 unspecified atom stereocenters. The van der Waals surface area contributed by atoms with Crippen molar-refractivity contribution in [1.82, 2.24) is 16.0 Å². The molecular weight excluding hydrogens is 761 g/mol. The summed E-state index contributed by atoms with van der Waals surface area (Å²) in [5.74, 6) is -1.04. The van der Waals surface area contributed by atoms with Gasteiger partial charge in [-0.1, -0.05) is 27.7 Å². The molecule has 0 aliphatic rings. The molecule has 16 nitrogen and oxygen atoms in total. The van der Waals surface area contributed by atoms with Crippen LogP contribution in [0.25, 0.3) is 0 Å². The van der Waals surface area contributed by atoms with Gasteiger partial charge < -0.3 is 58.6 Å². The fraction of sp³-hybridized carbons (Fsp3) is 0.759. The van der Waals surface area contributed by atoms with Crippen LogP contribution in [-0.2, 0) is 43.0 Å². The number of ether oxygens (including phenoxy) is 3. The molecule has 0 aliphatic heterocycles. The predicted octanol–water partition coefficient (Wildman–Crippen LogP) is -3.12. The van der Waals surface area contributed by atoms with E-state index in [0.717, 1.165) is 12.2 Å². The van der Waals surface area contributed by atoms with E-state index < -0.39 is 36.0 Å². The second kappa shape index (κ2) is 41.2. The molecule has 274 valence electrons. The molecule has 8 N–H and O–H groups in total. The number of hydrogen-bond donors (Lipinski definition) is 7. The largest absolute Gasteiger partial charge is 1.00 e. The number of rotatable bonds is 22. The number of aliphatic hydroxyl groups is 2. The van der Waals surface area contributed by atoms with Crippen LogP contribution < -0.4 is 90.6 Å². The Labute approximate surface area is 343 Å². The minimum atomic E-state index is -1.03. The molecule has 0 fully saturated rings. The Morgan fingerprint density at radius 2 is 1.57 bits per heavy atom. The normalized spacial score (nSPS) is 10.9. The van der Waals surface area contributed by atoms with Gasteiger partial charge in [0.2, 0.25) is 17.7 Å². The monoisotopic (exact) mass is 820 g/mol. The molecule has 0 saturated carbocycles. The van der Waals surface area contributed by atoms with Gasteiger partial charge >= 0.3 is 74.9 Å². The van der Waals surface area contributed by atoms with Gasteiger partial charge in [0.25, 0.3) is 12.9 Å². The minimum absolute atomic E-state index is 0. The molecule has 47 heavy (non-hydrogen) atoms. The van der Waals surface area contributed by atoms with Crippen LogP contribution in [0.1, 0.15) is 60.8 Å². The molecule has 0 saturated heterocycles. The Morgan fingerprint density at radius 1 is 0.979 bits per heavy atom. The van der Waals surface area contributed by atoms with Crippen LogP contribution in [0.3, 0.4) is 0 Å². The zero-order valence-electron chi connectivity index (χ0n) is 29.7. The van der Waals surface area contributed by atoms with E-state index in [1.54, 1.807) is 25.6 Å². The van der Waals surface area contributed by atoms with Crippen molar-refractivity contribution in [3.05, 3.63) is 7.43 Å². The fourth-order valence-electron chi connectivity index (χ4n) is 2.50. The number of thioether (sulfide) groups is 1. The molecule has 0 aliphatic carbocycles. The molecule has 18 heteroatoms. The van der Waals surface area contributed by atoms with E-state index in [2.05, 4.69) is 20.7 Å². The van der Waals surface area contributed by atoms with Gasteiger partial charge in [0.15, 0.2) is 0 Å².